The molecule has 0 aliphatic rings. The molecule has 0 aliphatic heterocycles. The molecule has 1 amide bonds. The fourth-order valence-corrected chi connectivity index (χ4v) is 2.49. The van der Waals surface area contributed by atoms with E-state index in [0.29, 0.717) is 10.6 Å². The fourth-order valence-electron chi connectivity index (χ4n) is 1.71. The van der Waals surface area contributed by atoms with Gasteiger partial charge in [0.25, 0.3) is 5.91 Å². The summed E-state index contributed by atoms with van der Waals surface area (Å²) in [7, 11) is 0. The summed E-state index contributed by atoms with van der Waals surface area (Å²) in [5.41, 5.74) is 0.801. The Bertz CT molecular complexity index is 726. The smallest absolute Gasteiger partial charge is 0.308 e. The molecule has 2 aromatic carbocycles. The molecule has 0 fully saturated rings. The number of hydrogen-bond acceptors (Lipinski definition) is 4. The predicted molar refractivity (Wildman–Crippen MR) is 89.4 cm³/mol. The van der Waals surface area contributed by atoms with Crippen LogP contribution in [-0.2, 0) is 4.79 Å². The van der Waals surface area contributed by atoms with Crippen LogP contribution in [0.3, 0.4) is 0 Å². The maximum Gasteiger partial charge on any atom is 0.308 e. The number of amides is 1. The van der Waals surface area contributed by atoms with Crippen molar-refractivity contribution < 1.29 is 14.3 Å². The van der Waals surface area contributed by atoms with E-state index < -0.39 is 11.9 Å². The highest BCUT2D eigenvalue weighted by Crippen LogP contribution is 2.34. The molecule has 0 spiro atoms. The second-order valence-corrected chi connectivity index (χ2v) is 5.63. The highest BCUT2D eigenvalue weighted by Gasteiger charge is 2.16. The zero-order chi connectivity index (χ0) is 16.3. The number of rotatable bonds is 3. The highest BCUT2D eigenvalue weighted by atomic mass is 35.5. The van der Waals surface area contributed by atoms with Crippen molar-refractivity contribution in [2.24, 2.45) is 0 Å². The van der Waals surface area contributed by atoms with E-state index in [1.54, 1.807) is 24.3 Å². The number of halogens is 2. The lowest BCUT2D eigenvalue weighted by atomic mass is 10.2. The first-order valence-corrected chi connectivity index (χ1v) is 7.35. The fraction of sp³-hybridized carbons (Fsp3) is 0.0667. The third-order valence-corrected chi connectivity index (χ3v) is 3.61. The van der Waals surface area contributed by atoms with Gasteiger partial charge in [0.15, 0.2) is 5.75 Å². The average Bonchev–Trinajstić information content (AvgIpc) is 2.44. The van der Waals surface area contributed by atoms with Crippen LogP contribution in [0, 0.1) is 0 Å². The molecule has 4 nitrogen and oxygen atoms in total. The van der Waals surface area contributed by atoms with Gasteiger partial charge in [-0.15, -0.1) is 12.6 Å². The Balaban J connectivity index is 2.28. The van der Waals surface area contributed by atoms with Gasteiger partial charge in [0.1, 0.15) is 0 Å². The molecule has 2 aromatic rings. The normalized spacial score (nSPS) is 10.2. The number of carbonyl (C=O) groups is 2. The monoisotopic (exact) mass is 355 g/mol. The second kappa shape index (κ2) is 7.05. The summed E-state index contributed by atoms with van der Waals surface area (Å²) in [5, 5.41) is 2.85. The molecule has 0 bridgehead atoms. The quantitative estimate of drug-likeness (QED) is 0.485. The Morgan fingerprint density at radius 2 is 1.73 bits per heavy atom. The summed E-state index contributed by atoms with van der Waals surface area (Å²) < 4.78 is 4.90. The summed E-state index contributed by atoms with van der Waals surface area (Å²) in [6.07, 6.45) is 0. The van der Waals surface area contributed by atoms with Gasteiger partial charge in [0.2, 0.25) is 0 Å². The van der Waals surface area contributed by atoms with Crippen molar-refractivity contribution in [2.75, 3.05) is 5.32 Å². The summed E-state index contributed by atoms with van der Waals surface area (Å²) in [4.78, 5) is 23.9. The topological polar surface area (TPSA) is 55.4 Å². The van der Waals surface area contributed by atoms with Crippen molar-refractivity contribution in [3.8, 4) is 5.75 Å². The van der Waals surface area contributed by atoms with Crippen LogP contribution in [0.1, 0.15) is 17.3 Å². The number of benzene rings is 2. The SMILES string of the molecule is CC(=O)Oc1c(Cl)cc(C(=O)Nc2ccccc2S)cc1Cl. The molecule has 7 heteroatoms. The average molecular weight is 356 g/mol. The molecule has 22 heavy (non-hydrogen) atoms. The van der Waals surface area contributed by atoms with E-state index in [0.717, 1.165) is 0 Å². The zero-order valence-corrected chi connectivity index (χ0v) is 13.8. The molecule has 0 unspecified atom stereocenters. The molecule has 114 valence electrons. The van der Waals surface area contributed by atoms with Gasteiger partial charge in [-0.1, -0.05) is 35.3 Å². The van der Waals surface area contributed by atoms with E-state index in [1.165, 1.54) is 19.1 Å². The van der Waals surface area contributed by atoms with Crippen LogP contribution in [0.25, 0.3) is 0 Å². The number of ether oxygens (including phenoxy) is 1. The van der Waals surface area contributed by atoms with Gasteiger partial charge >= 0.3 is 5.97 Å². The van der Waals surface area contributed by atoms with Crippen molar-refractivity contribution in [3.05, 3.63) is 52.0 Å². The summed E-state index contributed by atoms with van der Waals surface area (Å²) in [5.74, 6) is -0.924. The molecule has 0 aliphatic carbocycles. The van der Waals surface area contributed by atoms with Crippen LogP contribution in [0.5, 0.6) is 5.75 Å². The minimum Gasteiger partial charge on any atom is -0.424 e. The second-order valence-electron chi connectivity index (χ2n) is 4.33. The van der Waals surface area contributed by atoms with Crippen molar-refractivity contribution in [3.63, 3.8) is 0 Å². The standard InChI is InChI=1S/C15H11Cl2NO3S/c1-8(19)21-14-10(16)6-9(7-11(14)17)15(20)18-12-4-2-3-5-13(12)22/h2-7,22H,1H3,(H,18,20). The number of thiol groups is 1. The third kappa shape index (κ3) is 3.94. The number of nitrogens with one attached hydrogen (secondary N) is 1. The number of anilines is 1. The van der Waals surface area contributed by atoms with E-state index in [-0.39, 0.29) is 21.4 Å². The molecule has 2 rings (SSSR count). The first-order valence-electron chi connectivity index (χ1n) is 6.15. The van der Waals surface area contributed by atoms with Gasteiger partial charge < -0.3 is 10.1 Å². The van der Waals surface area contributed by atoms with Crippen LogP contribution < -0.4 is 10.1 Å². The Hall–Kier alpha value is -1.69. The Morgan fingerprint density at radius 3 is 2.27 bits per heavy atom. The molecule has 0 saturated heterocycles. The van der Waals surface area contributed by atoms with Crippen molar-refractivity contribution in [1.29, 1.82) is 0 Å². The van der Waals surface area contributed by atoms with Gasteiger partial charge in [0, 0.05) is 17.4 Å². The van der Waals surface area contributed by atoms with E-state index in [1.807, 2.05) is 0 Å². The Kier molecular flexibility index (Phi) is 5.34. The maximum atomic E-state index is 12.2. The van der Waals surface area contributed by atoms with Crippen LogP contribution in [-0.4, -0.2) is 11.9 Å². The van der Waals surface area contributed by atoms with E-state index in [4.69, 9.17) is 27.9 Å². The molecule has 0 aromatic heterocycles. The predicted octanol–water partition coefficient (Wildman–Crippen LogP) is 4.46. The molecular weight excluding hydrogens is 345 g/mol. The minimum atomic E-state index is -0.551. The van der Waals surface area contributed by atoms with Crippen LogP contribution in [0.2, 0.25) is 10.0 Å². The lowest BCUT2D eigenvalue weighted by Gasteiger charge is -2.11. The van der Waals surface area contributed by atoms with Gasteiger partial charge in [-0.25, -0.2) is 0 Å². The number of esters is 1. The number of hydrogen-bond donors (Lipinski definition) is 2. The van der Waals surface area contributed by atoms with E-state index in [9.17, 15) is 9.59 Å². The molecule has 1 N–H and O–H groups in total. The zero-order valence-electron chi connectivity index (χ0n) is 11.4. The lowest BCUT2D eigenvalue weighted by Crippen LogP contribution is -2.13. The number of carbonyl (C=O) groups excluding carboxylic acids is 2. The van der Waals surface area contributed by atoms with Gasteiger partial charge in [0.05, 0.1) is 15.7 Å². The Labute approximate surface area is 142 Å². The summed E-state index contributed by atoms with van der Waals surface area (Å²) >= 11 is 16.3. The molecule has 0 radical (unpaired) electrons. The lowest BCUT2D eigenvalue weighted by molar-refractivity contribution is -0.131. The van der Waals surface area contributed by atoms with Gasteiger partial charge in [-0.05, 0) is 24.3 Å². The van der Waals surface area contributed by atoms with Gasteiger partial charge in [-0.3, -0.25) is 9.59 Å². The third-order valence-electron chi connectivity index (χ3n) is 2.66. The van der Waals surface area contributed by atoms with Crippen molar-refractivity contribution in [2.45, 2.75) is 11.8 Å². The first kappa shape index (κ1) is 16.7. The molecular formula is C15H11Cl2NO3S. The molecule has 0 heterocycles. The van der Waals surface area contributed by atoms with E-state index in [2.05, 4.69) is 17.9 Å². The maximum absolute atomic E-state index is 12.2. The minimum absolute atomic E-state index is 0.0296. The molecule has 0 atom stereocenters. The number of para-hydroxylation sites is 1. The summed E-state index contributed by atoms with van der Waals surface area (Å²) in [6, 6.07) is 9.81. The summed E-state index contributed by atoms with van der Waals surface area (Å²) in [6.45, 7) is 1.23. The first-order chi connectivity index (χ1) is 10.4. The highest BCUT2D eigenvalue weighted by molar-refractivity contribution is 7.80. The van der Waals surface area contributed by atoms with Crippen LogP contribution in [0.4, 0.5) is 5.69 Å². The molecule has 0 saturated carbocycles. The Morgan fingerprint density at radius 1 is 1.14 bits per heavy atom. The largest absolute Gasteiger partial charge is 0.424 e. The van der Waals surface area contributed by atoms with E-state index >= 15 is 0 Å². The van der Waals surface area contributed by atoms with Crippen LogP contribution >= 0.6 is 35.8 Å². The van der Waals surface area contributed by atoms with Crippen LogP contribution in [0.15, 0.2) is 41.3 Å². The van der Waals surface area contributed by atoms with Crippen molar-refractivity contribution >= 4 is 53.4 Å². The van der Waals surface area contributed by atoms with Crippen molar-refractivity contribution in [1.82, 2.24) is 0 Å². The van der Waals surface area contributed by atoms with Gasteiger partial charge in [-0.2, -0.15) is 0 Å².